The quantitative estimate of drug-likeness (QED) is 0.476. The summed E-state index contributed by atoms with van der Waals surface area (Å²) in [6, 6.07) is 7.21. The van der Waals surface area contributed by atoms with Gasteiger partial charge in [0, 0.05) is 11.5 Å². The fourth-order valence-electron chi connectivity index (χ4n) is 6.43. The lowest BCUT2D eigenvalue weighted by Gasteiger charge is -2.56. The Bertz CT molecular complexity index is 895. The van der Waals surface area contributed by atoms with Crippen molar-refractivity contribution in [3.05, 3.63) is 29.3 Å². The van der Waals surface area contributed by atoms with Crippen molar-refractivity contribution >= 4 is 11.9 Å². The van der Waals surface area contributed by atoms with Crippen LogP contribution in [0.5, 0.6) is 5.75 Å². The molecule has 2 bridgehead atoms. The van der Waals surface area contributed by atoms with E-state index in [1.165, 1.54) is 43.2 Å². The number of hydrogen-bond donors (Lipinski definition) is 2. The second-order valence-corrected chi connectivity index (χ2v) is 9.85. The minimum absolute atomic E-state index is 0.0364. The van der Waals surface area contributed by atoms with E-state index in [4.69, 9.17) is 19.4 Å². The Morgan fingerprint density at radius 3 is 2.50 bits per heavy atom. The Morgan fingerprint density at radius 1 is 1.09 bits per heavy atom. The molecular formula is C25H32F3NO5. The summed E-state index contributed by atoms with van der Waals surface area (Å²) in [5.41, 5.74) is 3.34. The zero-order valence-corrected chi connectivity index (χ0v) is 19.2. The van der Waals surface area contributed by atoms with Gasteiger partial charge in [-0.05, 0) is 74.2 Å². The van der Waals surface area contributed by atoms with Gasteiger partial charge >= 0.3 is 18.1 Å². The molecule has 0 amide bonds. The van der Waals surface area contributed by atoms with Gasteiger partial charge in [-0.25, -0.2) is 4.79 Å². The van der Waals surface area contributed by atoms with E-state index in [2.05, 4.69) is 23.5 Å². The number of hydrogen-bond acceptors (Lipinski definition) is 5. The van der Waals surface area contributed by atoms with E-state index in [1.54, 1.807) is 0 Å². The van der Waals surface area contributed by atoms with Gasteiger partial charge in [0.15, 0.2) is 0 Å². The van der Waals surface area contributed by atoms with Crippen LogP contribution in [-0.2, 0) is 26.2 Å². The second kappa shape index (κ2) is 10.1. The average molecular weight is 484 g/mol. The molecule has 9 heteroatoms. The third kappa shape index (κ3) is 5.19. The minimum atomic E-state index is -5.08. The summed E-state index contributed by atoms with van der Waals surface area (Å²) in [7, 11) is 0. The smallest absolute Gasteiger partial charge is 0.475 e. The molecule has 1 aliphatic heterocycles. The highest BCUT2D eigenvalue weighted by Crippen LogP contribution is 2.54. The first kappa shape index (κ1) is 24.8. The summed E-state index contributed by atoms with van der Waals surface area (Å²) >= 11 is 0. The molecule has 0 aromatic heterocycles. The molecule has 1 saturated heterocycles. The predicted molar refractivity (Wildman–Crippen MR) is 117 cm³/mol. The van der Waals surface area contributed by atoms with Crippen molar-refractivity contribution in [1.29, 1.82) is 0 Å². The van der Waals surface area contributed by atoms with Crippen LogP contribution in [-0.4, -0.2) is 42.6 Å². The molecule has 1 aromatic carbocycles. The van der Waals surface area contributed by atoms with Crippen LogP contribution in [0.2, 0.25) is 0 Å². The highest BCUT2D eigenvalue weighted by molar-refractivity contribution is 5.73. The number of halogens is 3. The highest BCUT2D eigenvalue weighted by atomic mass is 19.4. The van der Waals surface area contributed by atoms with E-state index in [-0.39, 0.29) is 18.7 Å². The first-order chi connectivity index (χ1) is 16.2. The highest BCUT2D eigenvalue weighted by Gasteiger charge is 2.51. The number of carboxylic acid groups (broad SMARTS) is 1. The monoisotopic (exact) mass is 483 g/mol. The van der Waals surface area contributed by atoms with Crippen LogP contribution in [0.4, 0.5) is 13.2 Å². The largest absolute Gasteiger partial charge is 0.490 e. The third-order valence-electron chi connectivity index (χ3n) is 7.98. The molecule has 34 heavy (non-hydrogen) atoms. The number of nitrogens with one attached hydrogen (secondary N) is 1. The normalized spacial score (nSPS) is 28.1. The maximum atomic E-state index is 12.1. The van der Waals surface area contributed by atoms with Gasteiger partial charge in [0.1, 0.15) is 5.75 Å². The molecule has 2 saturated carbocycles. The molecule has 0 spiro atoms. The van der Waals surface area contributed by atoms with E-state index in [9.17, 15) is 18.0 Å². The molecule has 3 aliphatic carbocycles. The topological polar surface area (TPSA) is 84.9 Å². The number of carbonyl (C=O) groups excluding carboxylic acids is 1. The number of piperidine rings is 1. The summed E-state index contributed by atoms with van der Waals surface area (Å²) in [6.07, 6.45) is 6.88. The molecule has 0 unspecified atom stereocenters. The van der Waals surface area contributed by atoms with Gasteiger partial charge in [0.2, 0.25) is 6.79 Å². The second-order valence-electron chi connectivity index (χ2n) is 9.85. The zero-order valence-electron chi connectivity index (χ0n) is 19.2. The van der Waals surface area contributed by atoms with E-state index in [0.29, 0.717) is 11.5 Å². The van der Waals surface area contributed by atoms with E-state index < -0.39 is 12.1 Å². The number of benzene rings is 1. The number of fused-ring (bicyclic) bond motifs is 1. The molecule has 1 heterocycles. The number of rotatable bonds is 4. The van der Waals surface area contributed by atoms with Gasteiger partial charge in [-0.3, -0.25) is 4.79 Å². The third-order valence-corrected chi connectivity index (χ3v) is 7.98. The first-order valence-corrected chi connectivity index (χ1v) is 12.2. The molecule has 1 aromatic rings. The molecular weight excluding hydrogens is 451 g/mol. The Hall–Kier alpha value is -2.29. The lowest BCUT2D eigenvalue weighted by atomic mass is 9.53. The van der Waals surface area contributed by atoms with E-state index in [0.717, 1.165) is 50.3 Å². The molecule has 6 nitrogen and oxygen atoms in total. The average Bonchev–Trinajstić information content (AvgIpc) is 3.34. The van der Waals surface area contributed by atoms with Crippen LogP contribution in [0.25, 0.3) is 0 Å². The molecule has 5 rings (SSSR count). The standard InChI is InChI=1S/C23H31NO3.C2HF3O2/c25-22(16-5-1-2-6-16)27-15-26-18-9-8-17-13-21-19-7-3-4-10-23(19,11-12-24-21)20(17)14-18;3-2(4,5)1(6)7/h8-9,14,16,19,21,24H,1-7,10-13,15H2;(H,6,7)/t19-,21+,23-;/m1./s1. The minimum Gasteiger partial charge on any atom is -0.475 e. The van der Waals surface area contributed by atoms with Crippen molar-refractivity contribution in [3.8, 4) is 5.75 Å². The van der Waals surface area contributed by atoms with Gasteiger partial charge < -0.3 is 19.9 Å². The van der Waals surface area contributed by atoms with Crippen molar-refractivity contribution in [2.75, 3.05) is 13.3 Å². The zero-order chi connectivity index (χ0) is 24.3. The summed E-state index contributed by atoms with van der Waals surface area (Å²) in [5.74, 6) is -1.14. The van der Waals surface area contributed by atoms with Gasteiger partial charge in [-0.15, -0.1) is 0 Å². The molecule has 3 fully saturated rings. The number of alkyl halides is 3. The van der Waals surface area contributed by atoms with Crippen molar-refractivity contribution in [2.24, 2.45) is 11.8 Å². The SMILES string of the molecule is O=C(O)C(F)(F)F.O=C(OCOc1ccc2c(c1)[C@@]13CCCC[C@@H]1[C@H](C2)NCC3)C1CCCC1. The van der Waals surface area contributed by atoms with Crippen LogP contribution in [0.3, 0.4) is 0 Å². The summed E-state index contributed by atoms with van der Waals surface area (Å²) in [4.78, 5) is 21.0. The Kier molecular flexibility index (Phi) is 7.40. The maximum Gasteiger partial charge on any atom is 0.490 e. The lowest BCUT2D eigenvalue weighted by Crippen LogP contribution is -2.59. The van der Waals surface area contributed by atoms with Gasteiger partial charge in [-0.2, -0.15) is 13.2 Å². The van der Waals surface area contributed by atoms with E-state index in [1.807, 2.05) is 0 Å². The molecule has 188 valence electrons. The van der Waals surface area contributed by atoms with Crippen molar-refractivity contribution < 1.29 is 37.3 Å². The fourth-order valence-corrected chi connectivity index (χ4v) is 6.43. The number of ether oxygens (including phenoxy) is 2. The van der Waals surface area contributed by atoms with Gasteiger partial charge in [0.25, 0.3) is 0 Å². The lowest BCUT2D eigenvalue weighted by molar-refractivity contribution is -0.192. The van der Waals surface area contributed by atoms with Crippen LogP contribution in [0.15, 0.2) is 18.2 Å². The van der Waals surface area contributed by atoms with Crippen LogP contribution < -0.4 is 10.1 Å². The van der Waals surface area contributed by atoms with Crippen molar-refractivity contribution in [3.63, 3.8) is 0 Å². The van der Waals surface area contributed by atoms with Gasteiger partial charge in [-0.1, -0.05) is 31.7 Å². The molecule has 3 atom stereocenters. The number of esters is 1. The van der Waals surface area contributed by atoms with Crippen LogP contribution in [0.1, 0.15) is 68.9 Å². The first-order valence-electron chi connectivity index (χ1n) is 12.2. The maximum absolute atomic E-state index is 12.1. The Labute approximate surface area is 197 Å². The summed E-state index contributed by atoms with van der Waals surface area (Å²) in [5, 5.41) is 10.9. The van der Waals surface area contributed by atoms with Crippen molar-refractivity contribution in [1.82, 2.24) is 5.32 Å². The van der Waals surface area contributed by atoms with Crippen molar-refractivity contribution in [2.45, 2.75) is 81.8 Å². The Balaban J connectivity index is 0.000000344. The predicted octanol–water partition coefficient (Wildman–Crippen LogP) is 4.74. The summed E-state index contributed by atoms with van der Waals surface area (Å²) < 4.78 is 43.0. The molecule has 0 radical (unpaired) electrons. The van der Waals surface area contributed by atoms with E-state index >= 15 is 0 Å². The molecule has 4 aliphatic rings. The van der Waals surface area contributed by atoms with Crippen LogP contribution >= 0.6 is 0 Å². The number of carboxylic acids is 1. The van der Waals surface area contributed by atoms with Gasteiger partial charge in [0.05, 0.1) is 5.92 Å². The number of carbonyl (C=O) groups is 2. The Morgan fingerprint density at radius 2 is 1.79 bits per heavy atom. The summed E-state index contributed by atoms with van der Waals surface area (Å²) in [6.45, 7) is 1.17. The number of aliphatic carboxylic acids is 1. The van der Waals surface area contributed by atoms with Crippen LogP contribution in [0, 0.1) is 11.8 Å². The fraction of sp³-hybridized carbons (Fsp3) is 0.680. The molecule has 2 N–H and O–H groups in total.